The molecule has 0 saturated carbocycles. The molecule has 5 heteroatoms. The smallest absolute Gasteiger partial charge is 0.263 e. The number of hydrogen-bond acceptors (Lipinski definition) is 4. The summed E-state index contributed by atoms with van der Waals surface area (Å²) in [5, 5.41) is 0. The van der Waals surface area contributed by atoms with Crippen LogP contribution < -0.4 is 4.74 Å². The summed E-state index contributed by atoms with van der Waals surface area (Å²) < 4.78 is 5.94. The molecule has 1 amide bonds. The zero-order chi connectivity index (χ0) is 15.4. The number of nitrogens with zero attached hydrogens (tertiary/aromatic N) is 2. The Morgan fingerprint density at radius 1 is 1.27 bits per heavy atom. The molecule has 22 heavy (non-hydrogen) atoms. The van der Waals surface area contributed by atoms with Gasteiger partial charge in [0.25, 0.3) is 5.91 Å². The first-order valence-corrected chi connectivity index (χ1v) is 8.52. The van der Waals surface area contributed by atoms with Crippen LogP contribution in [0.4, 0.5) is 0 Å². The van der Waals surface area contributed by atoms with Gasteiger partial charge in [-0.25, -0.2) is 0 Å². The topological polar surface area (TPSA) is 42.4 Å². The second-order valence-corrected chi connectivity index (χ2v) is 6.58. The van der Waals surface area contributed by atoms with E-state index in [4.69, 9.17) is 4.74 Å². The Bertz CT molecular complexity index is 619. The Morgan fingerprint density at radius 3 is 2.64 bits per heavy atom. The van der Waals surface area contributed by atoms with E-state index in [0.29, 0.717) is 0 Å². The second-order valence-electron chi connectivity index (χ2n) is 5.41. The number of hydrogen-bond donors (Lipinski definition) is 0. The number of thiophene rings is 1. The monoisotopic (exact) mass is 316 g/mol. The number of carbonyl (C=O) groups is 1. The van der Waals surface area contributed by atoms with Gasteiger partial charge >= 0.3 is 0 Å². The Morgan fingerprint density at radius 2 is 2.00 bits per heavy atom. The third-order valence-corrected chi connectivity index (χ3v) is 5.12. The average Bonchev–Trinajstić information content (AvgIpc) is 3.05. The molecule has 1 saturated heterocycles. The van der Waals surface area contributed by atoms with Gasteiger partial charge < -0.3 is 9.64 Å². The van der Waals surface area contributed by atoms with E-state index in [2.05, 4.69) is 18.0 Å². The molecule has 3 heterocycles. The molecule has 4 nitrogen and oxygen atoms in total. The summed E-state index contributed by atoms with van der Waals surface area (Å²) in [4.78, 5) is 20.5. The summed E-state index contributed by atoms with van der Waals surface area (Å²) in [6, 6.07) is 7.74. The van der Waals surface area contributed by atoms with Crippen molar-refractivity contribution in [2.24, 2.45) is 0 Å². The van der Waals surface area contributed by atoms with Crippen molar-refractivity contribution < 1.29 is 9.53 Å². The summed E-state index contributed by atoms with van der Waals surface area (Å²) in [5.74, 6) is 1.01. The van der Waals surface area contributed by atoms with Crippen molar-refractivity contribution in [3.8, 4) is 5.75 Å². The first-order chi connectivity index (χ1) is 10.8. The molecule has 0 aliphatic carbocycles. The summed E-state index contributed by atoms with van der Waals surface area (Å²) in [6.45, 7) is 3.63. The Kier molecular flexibility index (Phi) is 4.73. The number of aryl methyl sites for hydroxylation is 1. The van der Waals surface area contributed by atoms with Crippen molar-refractivity contribution in [3.05, 3.63) is 46.4 Å². The number of pyridine rings is 1. The molecule has 1 fully saturated rings. The molecule has 0 aromatic carbocycles. The lowest BCUT2D eigenvalue weighted by molar-refractivity contribution is 0.0600. The average molecular weight is 316 g/mol. The highest BCUT2D eigenvalue weighted by Crippen LogP contribution is 2.23. The summed E-state index contributed by atoms with van der Waals surface area (Å²) in [5.41, 5.74) is 0. The van der Waals surface area contributed by atoms with Crippen LogP contribution in [0.15, 0.2) is 36.7 Å². The summed E-state index contributed by atoms with van der Waals surface area (Å²) in [6.07, 6.45) is 6.38. The van der Waals surface area contributed by atoms with Crippen molar-refractivity contribution in [1.82, 2.24) is 9.88 Å². The van der Waals surface area contributed by atoms with E-state index in [1.165, 1.54) is 4.88 Å². The minimum Gasteiger partial charge on any atom is -0.490 e. The molecule has 0 spiro atoms. The van der Waals surface area contributed by atoms with Crippen molar-refractivity contribution >= 4 is 17.2 Å². The van der Waals surface area contributed by atoms with Gasteiger partial charge in [0, 0.05) is 43.2 Å². The summed E-state index contributed by atoms with van der Waals surface area (Å²) >= 11 is 1.61. The lowest BCUT2D eigenvalue weighted by atomic mass is 10.1. The maximum Gasteiger partial charge on any atom is 0.263 e. The van der Waals surface area contributed by atoms with Crippen molar-refractivity contribution in [2.75, 3.05) is 13.1 Å². The third-order valence-electron chi connectivity index (χ3n) is 3.90. The highest BCUT2D eigenvalue weighted by atomic mass is 32.1. The number of amides is 1. The van der Waals surface area contributed by atoms with Gasteiger partial charge in [0.15, 0.2) is 0 Å². The van der Waals surface area contributed by atoms with Crippen molar-refractivity contribution in [3.63, 3.8) is 0 Å². The van der Waals surface area contributed by atoms with Gasteiger partial charge in [0.1, 0.15) is 11.9 Å². The maximum atomic E-state index is 12.5. The van der Waals surface area contributed by atoms with E-state index in [1.54, 1.807) is 23.7 Å². The molecular weight excluding hydrogens is 296 g/mol. The van der Waals surface area contributed by atoms with Crippen molar-refractivity contribution in [1.29, 1.82) is 0 Å². The molecule has 116 valence electrons. The van der Waals surface area contributed by atoms with Gasteiger partial charge in [-0.1, -0.05) is 6.92 Å². The van der Waals surface area contributed by atoms with Crippen LogP contribution in [0.5, 0.6) is 5.75 Å². The molecule has 2 aromatic heterocycles. The largest absolute Gasteiger partial charge is 0.490 e. The van der Waals surface area contributed by atoms with Crippen molar-refractivity contribution in [2.45, 2.75) is 32.3 Å². The Balaban J connectivity index is 1.54. The van der Waals surface area contributed by atoms with E-state index >= 15 is 0 Å². The predicted molar refractivity (Wildman–Crippen MR) is 87.5 cm³/mol. The molecule has 1 aliphatic rings. The standard InChI is InChI=1S/C17H20N2O2S/c1-2-15-3-4-16(22-15)17(20)19-11-7-14(8-12-19)21-13-5-9-18-10-6-13/h3-6,9-10,14H,2,7-8,11-12H2,1H3. The van der Waals surface area contributed by atoms with Crippen LogP contribution in [-0.2, 0) is 6.42 Å². The zero-order valence-corrected chi connectivity index (χ0v) is 13.5. The fraction of sp³-hybridized carbons (Fsp3) is 0.412. The lowest BCUT2D eigenvalue weighted by Crippen LogP contribution is -2.41. The highest BCUT2D eigenvalue weighted by Gasteiger charge is 2.25. The van der Waals surface area contributed by atoms with Gasteiger partial charge in [-0.15, -0.1) is 11.3 Å². The molecule has 3 rings (SSSR count). The predicted octanol–water partition coefficient (Wildman–Crippen LogP) is 3.39. The number of ether oxygens (including phenoxy) is 1. The van der Waals surface area contributed by atoms with Crippen LogP contribution >= 0.6 is 11.3 Å². The number of piperidine rings is 1. The quantitative estimate of drug-likeness (QED) is 0.868. The van der Waals surface area contributed by atoms with Gasteiger partial charge in [0.05, 0.1) is 4.88 Å². The van der Waals surface area contributed by atoms with E-state index in [-0.39, 0.29) is 12.0 Å². The molecule has 2 aromatic rings. The van der Waals surface area contributed by atoms with E-state index in [9.17, 15) is 4.79 Å². The number of rotatable bonds is 4. The molecular formula is C17H20N2O2S. The number of likely N-dealkylation sites (tertiary alicyclic amines) is 1. The van der Waals surface area contributed by atoms with E-state index < -0.39 is 0 Å². The minimum absolute atomic E-state index is 0.159. The Labute approximate surface area is 134 Å². The van der Waals surface area contributed by atoms with Crippen LogP contribution in [0, 0.1) is 0 Å². The Hall–Kier alpha value is -1.88. The van der Waals surface area contributed by atoms with E-state index in [1.807, 2.05) is 23.1 Å². The van der Waals surface area contributed by atoms with Gasteiger partial charge in [-0.3, -0.25) is 9.78 Å². The third kappa shape index (κ3) is 3.47. The first kappa shape index (κ1) is 15.0. The van der Waals surface area contributed by atoms with Crippen LogP contribution in [0.25, 0.3) is 0 Å². The van der Waals surface area contributed by atoms with Gasteiger partial charge in [0.2, 0.25) is 0 Å². The normalized spacial score (nSPS) is 15.8. The van der Waals surface area contributed by atoms with Crippen LogP contribution in [0.1, 0.15) is 34.3 Å². The fourth-order valence-corrected chi connectivity index (χ4v) is 3.54. The number of aromatic nitrogens is 1. The van der Waals surface area contributed by atoms with Gasteiger partial charge in [-0.05, 0) is 30.7 Å². The summed E-state index contributed by atoms with van der Waals surface area (Å²) in [7, 11) is 0. The van der Waals surface area contributed by atoms with Crippen LogP contribution in [0.3, 0.4) is 0 Å². The second kappa shape index (κ2) is 6.92. The number of carbonyl (C=O) groups excluding carboxylic acids is 1. The van der Waals surface area contributed by atoms with Crippen LogP contribution in [0.2, 0.25) is 0 Å². The molecule has 0 atom stereocenters. The SMILES string of the molecule is CCc1ccc(C(=O)N2CCC(Oc3ccncc3)CC2)s1. The molecule has 0 unspecified atom stereocenters. The molecule has 0 radical (unpaired) electrons. The fourth-order valence-electron chi connectivity index (χ4n) is 2.62. The molecule has 1 aliphatic heterocycles. The zero-order valence-electron chi connectivity index (χ0n) is 12.7. The lowest BCUT2D eigenvalue weighted by Gasteiger charge is -2.31. The first-order valence-electron chi connectivity index (χ1n) is 7.71. The maximum absolute atomic E-state index is 12.5. The highest BCUT2D eigenvalue weighted by molar-refractivity contribution is 7.14. The molecule has 0 bridgehead atoms. The van der Waals surface area contributed by atoms with Crippen LogP contribution in [-0.4, -0.2) is 35.0 Å². The van der Waals surface area contributed by atoms with Gasteiger partial charge in [-0.2, -0.15) is 0 Å². The minimum atomic E-state index is 0.159. The molecule has 0 N–H and O–H groups in total. The van der Waals surface area contributed by atoms with E-state index in [0.717, 1.165) is 43.0 Å².